The van der Waals surface area contributed by atoms with Crippen molar-refractivity contribution in [2.75, 3.05) is 30.4 Å². The molecule has 2 aliphatic heterocycles. The molecule has 0 aromatic heterocycles. The summed E-state index contributed by atoms with van der Waals surface area (Å²) < 4.78 is 0. The van der Waals surface area contributed by atoms with Gasteiger partial charge in [-0.3, -0.25) is 0 Å². The number of para-hydroxylation sites is 2. The summed E-state index contributed by atoms with van der Waals surface area (Å²) in [6.07, 6.45) is 5.09. The number of nitriles is 1. The monoisotopic (exact) mass is 266 g/mol. The maximum Gasteiger partial charge on any atom is 0.135 e. The highest BCUT2D eigenvalue weighted by atomic mass is 15.3. The van der Waals surface area contributed by atoms with Gasteiger partial charge in [0.2, 0.25) is 0 Å². The normalized spacial score (nSPS) is 21.8. The van der Waals surface area contributed by atoms with Crippen molar-refractivity contribution in [3.05, 3.63) is 47.6 Å². The van der Waals surface area contributed by atoms with Crippen molar-refractivity contribution in [3.63, 3.8) is 0 Å². The van der Waals surface area contributed by atoms with Crippen molar-refractivity contribution in [1.29, 1.82) is 5.26 Å². The van der Waals surface area contributed by atoms with E-state index in [1.54, 1.807) is 0 Å². The van der Waals surface area contributed by atoms with E-state index in [1.165, 1.54) is 5.57 Å². The van der Waals surface area contributed by atoms with Crippen LogP contribution in [-0.2, 0) is 0 Å². The molecule has 1 aromatic rings. The fourth-order valence-electron chi connectivity index (χ4n) is 2.72. The summed E-state index contributed by atoms with van der Waals surface area (Å²) in [5.74, 6) is 0. The number of benzene rings is 1. The third kappa shape index (κ3) is 2.28. The lowest BCUT2D eigenvalue weighted by Gasteiger charge is -2.22. The average molecular weight is 266 g/mol. The number of nitrogens with one attached hydrogen (secondary N) is 2. The standard InChI is InChI=1S/C16H18N4/c1-20-15-5-3-2-4-14(15)19-16(20)13(11-17)10-12-6-8-18-9-7-12/h2-6,10,16,18-19H,7-9H2,1H3/b13-10+. The number of nitrogens with zero attached hydrogens (tertiary/aromatic N) is 2. The number of likely N-dealkylation sites (N-methyl/N-ethyl adjacent to an activating group) is 1. The lowest BCUT2D eigenvalue weighted by atomic mass is 10.0. The van der Waals surface area contributed by atoms with Crippen molar-refractivity contribution in [2.45, 2.75) is 12.6 Å². The van der Waals surface area contributed by atoms with Crippen LogP contribution in [0.15, 0.2) is 47.6 Å². The summed E-state index contributed by atoms with van der Waals surface area (Å²) in [5.41, 5.74) is 4.22. The molecule has 2 heterocycles. The highest BCUT2D eigenvalue weighted by Crippen LogP contribution is 2.35. The summed E-state index contributed by atoms with van der Waals surface area (Å²) >= 11 is 0. The van der Waals surface area contributed by atoms with E-state index >= 15 is 0 Å². The molecule has 4 nitrogen and oxygen atoms in total. The van der Waals surface area contributed by atoms with Gasteiger partial charge in [-0.25, -0.2) is 0 Å². The highest BCUT2D eigenvalue weighted by molar-refractivity contribution is 5.77. The van der Waals surface area contributed by atoms with Gasteiger partial charge in [0.1, 0.15) is 6.17 Å². The maximum atomic E-state index is 9.49. The Bertz CT molecular complexity index is 609. The molecule has 2 N–H and O–H groups in total. The molecule has 4 heteroatoms. The van der Waals surface area contributed by atoms with Crippen LogP contribution in [0.2, 0.25) is 0 Å². The third-order valence-electron chi connectivity index (χ3n) is 3.83. The van der Waals surface area contributed by atoms with Gasteiger partial charge in [-0.05, 0) is 36.7 Å². The molecule has 1 unspecified atom stereocenters. The van der Waals surface area contributed by atoms with Crippen molar-refractivity contribution < 1.29 is 0 Å². The molecule has 2 aliphatic rings. The van der Waals surface area contributed by atoms with E-state index in [1.807, 2.05) is 31.3 Å². The molecule has 0 aliphatic carbocycles. The topological polar surface area (TPSA) is 51.1 Å². The minimum Gasteiger partial charge on any atom is -0.359 e. The Kier molecular flexibility index (Phi) is 3.44. The Labute approximate surface area is 119 Å². The number of allylic oxidation sites excluding steroid dienone is 1. The Morgan fingerprint density at radius 2 is 2.30 bits per heavy atom. The quantitative estimate of drug-likeness (QED) is 0.806. The van der Waals surface area contributed by atoms with Gasteiger partial charge in [0.25, 0.3) is 0 Å². The molecular weight excluding hydrogens is 248 g/mol. The number of fused-ring (bicyclic) bond motifs is 1. The Morgan fingerprint density at radius 1 is 1.45 bits per heavy atom. The first-order chi connectivity index (χ1) is 9.79. The van der Waals surface area contributed by atoms with Gasteiger partial charge in [0.05, 0.1) is 23.0 Å². The Morgan fingerprint density at radius 3 is 3.00 bits per heavy atom. The lowest BCUT2D eigenvalue weighted by Crippen LogP contribution is -2.34. The number of rotatable bonds is 2. The zero-order valence-corrected chi connectivity index (χ0v) is 11.6. The summed E-state index contributed by atoms with van der Waals surface area (Å²) in [7, 11) is 2.02. The van der Waals surface area contributed by atoms with Crippen LogP contribution >= 0.6 is 0 Å². The van der Waals surface area contributed by atoms with E-state index in [0.29, 0.717) is 0 Å². The highest BCUT2D eigenvalue weighted by Gasteiger charge is 2.28. The molecule has 1 aromatic carbocycles. The van der Waals surface area contributed by atoms with Crippen molar-refractivity contribution in [2.24, 2.45) is 0 Å². The van der Waals surface area contributed by atoms with Crippen LogP contribution in [0.4, 0.5) is 11.4 Å². The minimum absolute atomic E-state index is 0.0758. The van der Waals surface area contributed by atoms with Gasteiger partial charge in [0, 0.05) is 13.6 Å². The molecule has 0 radical (unpaired) electrons. The van der Waals surface area contributed by atoms with E-state index < -0.39 is 0 Å². The SMILES string of the molecule is CN1c2ccccc2NC1/C(C#N)=C/C1=CCNCC1. The van der Waals surface area contributed by atoms with E-state index in [0.717, 1.165) is 36.5 Å². The van der Waals surface area contributed by atoms with Gasteiger partial charge >= 0.3 is 0 Å². The number of hydrogen-bond acceptors (Lipinski definition) is 4. The van der Waals surface area contributed by atoms with Crippen molar-refractivity contribution in [3.8, 4) is 6.07 Å². The molecule has 0 saturated carbocycles. The lowest BCUT2D eigenvalue weighted by molar-refractivity contribution is 0.711. The first kappa shape index (κ1) is 12.8. The molecule has 0 saturated heterocycles. The second kappa shape index (κ2) is 5.40. The zero-order chi connectivity index (χ0) is 13.9. The molecule has 3 rings (SSSR count). The summed E-state index contributed by atoms with van der Waals surface area (Å²) in [6, 6.07) is 10.5. The number of hydrogen-bond donors (Lipinski definition) is 2. The van der Waals surface area contributed by atoms with Crippen LogP contribution in [0.5, 0.6) is 0 Å². The fraction of sp³-hybridized carbons (Fsp3) is 0.312. The van der Waals surface area contributed by atoms with E-state index in [4.69, 9.17) is 0 Å². The van der Waals surface area contributed by atoms with Crippen LogP contribution in [0.1, 0.15) is 6.42 Å². The van der Waals surface area contributed by atoms with Crippen LogP contribution in [0.3, 0.4) is 0 Å². The largest absolute Gasteiger partial charge is 0.359 e. The van der Waals surface area contributed by atoms with Crippen LogP contribution in [-0.4, -0.2) is 26.3 Å². The van der Waals surface area contributed by atoms with Crippen LogP contribution < -0.4 is 15.5 Å². The van der Waals surface area contributed by atoms with Crippen LogP contribution in [0.25, 0.3) is 0 Å². The summed E-state index contributed by atoms with van der Waals surface area (Å²) in [6.45, 7) is 1.87. The van der Waals surface area contributed by atoms with Crippen LogP contribution in [0, 0.1) is 11.3 Å². The van der Waals surface area contributed by atoms with E-state index in [9.17, 15) is 5.26 Å². The molecule has 20 heavy (non-hydrogen) atoms. The van der Waals surface area contributed by atoms with Gasteiger partial charge < -0.3 is 15.5 Å². The Hall–Kier alpha value is -2.25. The molecular formula is C16H18N4. The molecule has 0 spiro atoms. The molecule has 0 fully saturated rings. The summed E-state index contributed by atoms with van der Waals surface area (Å²) in [5, 5.41) is 16.2. The van der Waals surface area contributed by atoms with Crippen molar-refractivity contribution >= 4 is 11.4 Å². The molecule has 0 bridgehead atoms. The van der Waals surface area contributed by atoms with Gasteiger partial charge in [-0.1, -0.05) is 18.2 Å². The second-order valence-corrected chi connectivity index (χ2v) is 5.12. The smallest absolute Gasteiger partial charge is 0.135 e. The third-order valence-corrected chi connectivity index (χ3v) is 3.83. The maximum absolute atomic E-state index is 9.49. The van der Waals surface area contributed by atoms with E-state index in [2.05, 4.69) is 33.7 Å². The number of anilines is 2. The molecule has 0 amide bonds. The fourth-order valence-corrected chi connectivity index (χ4v) is 2.72. The minimum atomic E-state index is -0.0758. The second-order valence-electron chi connectivity index (χ2n) is 5.12. The van der Waals surface area contributed by atoms with E-state index in [-0.39, 0.29) is 6.17 Å². The average Bonchev–Trinajstić information content (AvgIpc) is 2.83. The predicted octanol–water partition coefficient (Wildman–Crippen LogP) is 2.24. The molecule has 1 atom stereocenters. The first-order valence-electron chi connectivity index (χ1n) is 6.89. The van der Waals surface area contributed by atoms with Gasteiger partial charge in [-0.2, -0.15) is 5.26 Å². The first-order valence-corrected chi connectivity index (χ1v) is 6.89. The van der Waals surface area contributed by atoms with Crippen molar-refractivity contribution in [1.82, 2.24) is 5.32 Å². The van der Waals surface area contributed by atoms with Gasteiger partial charge in [-0.15, -0.1) is 0 Å². The predicted molar refractivity (Wildman–Crippen MR) is 81.5 cm³/mol. The zero-order valence-electron chi connectivity index (χ0n) is 11.6. The van der Waals surface area contributed by atoms with Gasteiger partial charge in [0.15, 0.2) is 0 Å². The molecule has 102 valence electrons. The Balaban J connectivity index is 1.87. The summed E-state index contributed by atoms with van der Waals surface area (Å²) in [4.78, 5) is 2.12.